The van der Waals surface area contributed by atoms with Crippen LogP contribution >= 0.6 is 11.6 Å². The minimum absolute atomic E-state index is 0.0357. The molecule has 0 spiro atoms. The van der Waals surface area contributed by atoms with E-state index in [0.29, 0.717) is 0 Å². The number of nitrogens with two attached hydrogens (primary N) is 1. The van der Waals surface area contributed by atoms with Crippen LogP contribution in [0.4, 0.5) is 13.2 Å². The van der Waals surface area contributed by atoms with Gasteiger partial charge in [-0.1, -0.05) is 11.6 Å². The number of rotatable bonds is 3. The molecule has 0 aliphatic carbocycles. The molecular formula is C10H10ClF3N2O. The molecule has 94 valence electrons. The van der Waals surface area contributed by atoms with E-state index in [2.05, 4.69) is 0 Å². The van der Waals surface area contributed by atoms with Crippen molar-refractivity contribution in [1.82, 2.24) is 0 Å². The number of nitrogen functional groups attached to an aromatic ring is 1. The SMILES string of the molecule is CC(Oc1ccc(Cl)cc1C(=N)N)C(F)(F)F. The number of hydrogen-bond donors (Lipinski definition) is 2. The van der Waals surface area contributed by atoms with Crippen LogP contribution in [0.15, 0.2) is 18.2 Å². The third kappa shape index (κ3) is 3.52. The lowest BCUT2D eigenvalue weighted by Crippen LogP contribution is -2.32. The van der Waals surface area contributed by atoms with Gasteiger partial charge in [0.05, 0.1) is 5.56 Å². The topological polar surface area (TPSA) is 59.1 Å². The number of ether oxygens (including phenoxy) is 1. The van der Waals surface area contributed by atoms with Crippen LogP contribution in [0, 0.1) is 5.41 Å². The fourth-order valence-electron chi connectivity index (χ4n) is 1.07. The van der Waals surface area contributed by atoms with Crippen molar-refractivity contribution in [3.8, 4) is 5.75 Å². The quantitative estimate of drug-likeness (QED) is 0.653. The minimum Gasteiger partial charge on any atom is -0.480 e. The molecule has 0 saturated carbocycles. The second kappa shape index (κ2) is 4.83. The molecule has 1 unspecified atom stereocenters. The predicted molar refractivity (Wildman–Crippen MR) is 58.6 cm³/mol. The van der Waals surface area contributed by atoms with Crippen LogP contribution in [-0.4, -0.2) is 18.1 Å². The van der Waals surface area contributed by atoms with E-state index in [1.807, 2.05) is 0 Å². The Bertz CT molecular complexity index is 434. The minimum atomic E-state index is -4.48. The maximum Gasteiger partial charge on any atom is 0.425 e. The third-order valence-electron chi connectivity index (χ3n) is 2.00. The summed E-state index contributed by atoms with van der Waals surface area (Å²) >= 11 is 5.66. The van der Waals surface area contributed by atoms with Gasteiger partial charge in [0.2, 0.25) is 0 Å². The van der Waals surface area contributed by atoms with Crippen LogP contribution in [0.25, 0.3) is 0 Å². The predicted octanol–water partition coefficient (Wildman–Crippen LogP) is 2.95. The molecule has 1 aromatic rings. The molecule has 0 aliphatic rings. The van der Waals surface area contributed by atoms with Crippen molar-refractivity contribution in [2.24, 2.45) is 5.73 Å². The smallest absolute Gasteiger partial charge is 0.425 e. The summed E-state index contributed by atoms with van der Waals surface area (Å²) in [6.45, 7) is 0.874. The van der Waals surface area contributed by atoms with Gasteiger partial charge in [0.25, 0.3) is 0 Å². The molecule has 0 bridgehead atoms. The van der Waals surface area contributed by atoms with Gasteiger partial charge >= 0.3 is 6.18 Å². The summed E-state index contributed by atoms with van der Waals surface area (Å²) in [7, 11) is 0. The first kappa shape index (κ1) is 13.6. The van der Waals surface area contributed by atoms with Gasteiger partial charge in [0.15, 0.2) is 6.10 Å². The van der Waals surface area contributed by atoms with Crippen molar-refractivity contribution < 1.29 is 17.9 Å². The Morgan fingerprint density at radius 1 is 1.47 bits per heavy atom. The van der Waals surface area contributed by atoms with Gasteiger partial charge in [-0.15, -0.1) is 0 Å². The number of alkyl halides is 3. The Balaban J connectivity index is 3.03. The Labute approximate surface area is 101 Å². The molecule has 0 heterocycles. The zero-order chi connectivity index (χ0) is 13.2. The summed E-state index contributed by atoms with van der Waals surface area (Å²) in [5, 5.41) is 7.50. The summed E-state index contributed by atoms with van der Waals surface area (Å²) in [4.78, 5) is 0. The zero-order valence-corrected chi connectivity index (χ0v) is 9.56. The lowest BCUT2D eigenvalue weighted by Gasteiger charge is -2.19. The summed E-state index contributed by atoms with van der Waals surface area (Å²) in [6.07, 6.45) is -6.46. The van der Waals surface area contributed by atoms with Gasteiger partial charge in [-0.05, 0) is 25.1 Å². The molecule has 0 saturated heterocycles. The molecule has 0 fully saturated rings. The van der Waals surface area contributed by atoms with E-state index in [0.717, 1.165) is 6.92 Å². The number of benzene rings is 1. The maximum atomic E-state index is 12.3. The monoisotopic (exact) mass is 266 g/mol. The van der Waals surface area contributed by atoms with Crippen LogP contribution in [-0.2, 0) is 0 Å². The highest BCUT2D eigenvalue weighted by molar-refractivity contribution is 6.31. The first-order valence-electron chi connectivity index (χ1n) is 4.59. The highest BCUT2D eigenvalue weighted by atomic mass is 35.5. The lowest BCUT2D eigenvalue weighted by atomic mass is 10.2. The fourth-order valence-corrected chi connectivity index (χ4v) is 1.24. The summed E-state index contributed by atoms with van der Waals surface area (Å²) in [5.41, 5.74) is 5.27. The summed E-state index contributed by atoms with van der Waals surface area (Å²) in [5.74, 6) is -0.524. The highest BCUT2D eigenvalue weighted by Crippen LogP contribution is 2.28. The van der Waals surface area contributed by atoms with E-state index in [9.17, 15) is 13.2 Å². The normalized spacial score (nSPS) is 13.2. The molecule has 7 heteroatoms. The van der Waals surface area contributed by atoms with Gasteiger partial charge in [-0.2, -0.15) is 13.2 Å². The molecule has 0 aliphatic heterocycles. The Morgan fingerprint density at radius 2 is 2.06 bits per heavy atom. The highest BCUT2D eigenvalue weighted by Gasteiger charge is 2.38. The van der Waals surface area contributed by atoms with E-state index >= 15 is 0 Å². The van der Waals surface area contributed by atoms with Crippen molar-refractivity contribution >= 4 is 17.4 Å². The van der Waals surface area contributed by atoms with Gasteiger partial charge in [-0.3, -0.25) is 5.41 Å². The molecule has 3 N–H and O–H groups in total. The molecule has 1 rings (SSSR count). The van der Waals surface area contributed by atoms with Crippen molar-refractivity contribution in [1.29, 1.82) is 5.41 Å². The van der Waals surface area contributed by atoms with Crippen molar-refractivity contribution in [2.75, 3.05) is 0 Å². The van der Waals surface area contributed by atoms with E-state index in [4.69, 9.17) is 27.5 Å². The molecule has 1 atom stereocenters. The Morgan fingerprint density at radius 3 is 2.53 bits per heavy atom. The molecular weight excluding hydrogens is 257 g/mol. The van der Waals surface area contributed by atoms with E-state index < -0.39 is 18.1 Å². The molecule has 0 radical (unpaired) electrons. The van der Waals surface area contributed by atoms with Crippen molar-refractivity contribution in [3.63, 3.8) is 0 Å². The molecule has 0 amide bonds. The standard InChI is InChI=1S/C10H10ClF3N2O/c1-5(10(12,13)14)17-8-3-2-6(11)4-7(8)9(15)16/h2-5H,1H3,(H3,15,16). The number of hydrogen-bond acceptors (Lipinski definition) is 2. The molecule has 1 aromatic carbocycles. The van der Waals surface area contributed by atoms with E-state index in [1.54, 1.807) is 0 Å². The molecule has 3 nitrogen and oxygen atoms in total. The first-order valence-corrected chi connectivity index (χ1v) is 4.97. The van der Waals surface area contributed by atoms with Crippen LogP contribution in [0.5, 0.6) is 5.75 Å². The van der Waals surface area contributed by atoms with Gasteiger partial charge in [0.1, 0.15) is 11.6 Å². The number of nitrogens with one attached hydrogen (secondary N) is 1. The van der Waals surface area contributed by atoms with Crippen LogP contribution in [0.2, 0.25) is 5.02 Å². The average Bonchev–Trinajstić information content (AvgIpc) is 2.18. The Hall–Kier alpha value is -1.43. The van der Waals surface area contributed by atoms with Crippen LogP contribution in [0.3, 0.4) is 0 Å². The summed E-state index contributed by atoms with van der Waals surface area (Å²) < 4.78 is 41.7. The summed E-state index contributed by atoms with van der Waals surface area (Å²) in [6, 6.07) is 3.90. The maximum absolute atomic E-state index is 12.3. The van der Waals surface area contributed by atoms with Gasteiger partial charge < -0.3 is 10.5 Å². The van der Waals surface area contributed by atoms with Gasteiger partial charge in [0, 0.05) is 5.02 Å². The van der Waals surface area contributed by atoms with E-state index in [-0.39, 0.29) is 16.3 Å². The van der Waals surface area contributed by atoms with Crippen LogP contribution < -0.4 is 10.5 Å². The Kier molecular flexibility index (Phi) is 3.87. The largest absolute Gasteiger partial charge is 0.480 e. The van der Waals surface area contributed by atoms with Crippen LogP contribution in [0.1, 0.15) is 12.5 Å². The third-order valence-corrected chi connectivity index (χ3v) is 2.23. The fraction of sp³-hybridized carbons (Fsp3) is 0.300. The second-order valence-corrected chi connectivity index (χ2v) is 3.79. The second-order valence-electron chi connectivity index (χ2n) is 3.36. The first-order chi connectivity index (χ1) is 7.71. The zero-order valence-electron chi connectivity index (χ0n) is 8.81. The van der Waals surface area contributed by atoms with E-state index in [1.165, 1.54) is 18.2 Å². The van der Waals surface area contributed by atoms with Crippen molar-refractivity contribution in [3.05, 3.63) is 28.8 Å². The van der Waals surface area contributed by atoms with Gasteiger partial charge in [-0.25, -0.2) is 0 Å². The number of amidine groups is 1. The molecule has 0 aromatic heterocycles. The number of halogens is 4. The average molecular weight is 267 g/mol. The lowest BCUT2D eigenvalue weighted by molar-refractivity contribution is -0.189. The molecule has 17 heavy (non-hydrogen) atoms. The van der Waals surface area contributed by atoms with Crippen molar-refractivity contribution in [2.45, 2.75) is 19.2 Å².